The molecule has 1 aromatic carbocycles. The maximum atomic E-state index is 12.5. The van der Waals surface area contributed by atoms with E-state index in [-0.39, 0.29) is 35.8 Å². The van der Waals surface area contributed by atoms with Gasteiger partial charge in [0.05, 0.1) is 18.8 Å². The minimum Gasteiger partial charge on any atom is -0.492 e. The Bertz CT molecular complexity index is 1350. The summed E-state index contributed by atoms with van der Waals surface area (Å²) in [4.78, 5) is 15.2. The van der Waals surface area contributed by atoms with Crippen molar-refractivity contribution in [2.75, 3.05) is 13.7 Å². The molecule has 6 aliphatic rings. The lowest BCUT2D eigenvalue weighted by Crippen LogP contribution is -2.58. The zero-order chi connectivity index (χ0) is 30.4. The molecule has 0 bridgehead atoms. The van der Waals surface area contributed by atoms with Crippen LogP contribution < -0.4 is 0 Å². The average molecular weight is 600 g/mol. The highest BCUT2D eigenvalue weighted by Gasteiger charge is 2.52. The number of piperidine rings is 1. The standard InChI is InChI=1S/C38H49NO5/c1-23-33-30-20-26(19-25-11-5-4-6-12-25)21-31(34(40)29-16-9-15-28(22-29)27-13-7-8-14-27)39(30)18-10-17-32(33)43-36(23)37-35(42-3)24(2)38(41)44-37/h4-6,9,11-12,16-17,23,26-31,33-34,40H,7-8,10,13-15,18-22H2,1-3H3. The largest absolute Gasteiger partial charge is 0.492 e. The van der Waals surface area contributed by atoms with Gasteiger partial charge in [-0.25, -0.2) is 4.79 Å². The molecule has 0 spiro atoms. The number of rotatable bonds is 6. The number of hydrogen-bond acceptors (Lipinski definition) is 6. The molecule has 6 nitrogen and oxygen atoms in total. The molecule has 2 aliphatic carbocycles. The molecular formula is C38H49NO5. The fourth-order valence-electron chi connectivity index (χ4n) is 9.63. The van der Waals surface area contributed by atoms with Gasteiger partial charge in [0, 0.05) is 36.4 Å². The summed E-state index contributed by atoms with van der Waals surface area (Å²) >= 11 is 0. The van der Waals surface area contributed by atoms with Crippen molar-refractivity contribution in [2.45, 2.75) is 96.2 Å². The fraction of sp³-hybridized carbons (Fsp3) is 0.605. The van der Waals surface area contributed by atoms with Crippen molar-refractivity contribution in [2.24, 2.45) is 35.5 Å². The van der Waals surface area contributed by atoms with Crippen LogP contribution in [-0.2, 0) is 25.4 Å². The van der Waals surface area contributed by atoms with Crippen molar-refractivity contribution in [3.63, 3.8) is 0 Å². The number of fused-ring (bicyclic) bond motifs is 3. The van der Waals surface area contributed by atoms with E-state index in [0.29, 0.717) is 34.7 Å². The average Bonchev–Trinajstić information content (AvgIpc) is 3.73. The molecule has 8 atom stereocenters. The van der Waals surface area contributed by atoms with Crippen LogP contribution in [0.1, 0.15) is 77.2 Å². The van der Waals surface area contributed by atoms with Crippen molar-refractivity contribution >= 4 is 5.97 Å². The fourth-order valence-corrected chi connectivity index (χ4v) is 9.63. The van der Waals surface area contributed by atoms with Gasteiger partial charge in [-0.1, -0.05) is 75.1 Å². The molecule has 7 rings (SSSR count). The van der Waals surface area contributed by atoms with E-state index in [9.17, 15) is 9.90 Å². The second-order valence-electron chi connectivity index (χ2n) is 14.3. The number of benzene rings is 1. The number of allylic oxidation sites excluding steroid dienone is 2. The highest BCUT2D eigenvalue weighted by atomic mass is 16.6. The third-order valence-corrected chi connectivity index (χ3v) is 11.8. The molecule has 1 saturated carbocycles. The normalized spacial score (nSPS) is 36.8. The summed E-state index contributed by atoms with van der Waals surface area (Å²) < 4.78 is 18.0. The Morgan fingerprint density at radius 3 is 2.64 bits per heavy atom. The summed E-state index contributed by atoms with van der Waals surface area (Å²) in [6.45, 7) is 4.87. The number of nitrogens with zero attached hydrogens (tertiary/aromatic N) is 1. The predicted octanol–water partition coefficient (Wildman–Crippen LogP) is 7.07. The first-order valence-electron chi connectivity index (χ1n) is 17.2. The molecule has 2 saturated heterocycles. The molecule has 1 N–H and O–H groups in total. The van der Waals surface area contributed by atoms with Crippen molar-refractivity contribution < 1.29 is 24.1 Å². The lowest BCUT2D eigenvalue weighted by Gasteiger charge is -2.50. The van der Waals surface area contributed by atoms with Crippen molar-refractivity contribution in [3.8, 4) is 0 Å². The van der Waals surface area contributed by atoms with Crippen LogP contribution in [0.15, 0.2) is 77.2 Å². The molecule has 0 aromatic heterocycles. The molecule has 3 fully saturated rings. The van der Waals surface area contributed by atoms with E-state index in [2.05, 4.69) is 60.4 Å². The predicted molar refractivity (Wildman–Crippen MR) is 170 cm³/mol. The summed E-state index contributed by atoms with van der Waals surface area (Å²) in [6.07, 6.45) is 18.3. The topological polar surface area (TPSA) is 68.2 Å². The quantitative estimate of drug-likeness (QED) is 0.279. The second-order valence-corrected chi connectivity index (χ2v) is 14.3. The third-order valence-electron chi connectivity index (χ3n) is 11.8. The van der Waals surface area contributed by atoms with Crippen LogP contribution in [-0.4, -0.2) is 47.8 Å². The molecule has 0 amide bonds. The Hall–Kier alpha value is -2.83. The Kier molecular flexibility index (Phi) is 8.49. The Morgan fingerprint density at radius 2 is 1.86 bits per heavy atom. The first-order chi connectivity index (χ1) is 21.4. The minimum absolute atomic E-state index is 0.0142. The lowest BCUT2D eigenvalue weighted by atomic mass is 9.70. The van der Waals surface area contributed by atoms with Gasteiger partial charge < -0.3 is 19.3 Å². The van der Waals surface area contributed by atoms with Gasteiger partial charge in [0.25, 0.3) is 0 Å². The van der Waals surface area contributed by atoms with Crippen LogP contribution in [0, 0.1) is 35.5 Å². The van der Waals surface area contributed by atoms with E-state index in [0.717, 1.165) is 50.3 Å². The molecule has 1 aromatic rings. The highest BCUT2D eigenvalue weighted by Crippen LogP contribution is 2.51. The Balaban J connectivity index is 1.20. The SMILES string of the molecule is COC1=C(C)C(=O)OC1=C1OC2=CCCN3C(C(O)C4C=CCC(C5CCCC5)C4)CC(Cc4ccccc4)CC3C2C1C. The van der Waals surface area contributed by atoms with Crippen LogP contribution in [0.5, 0.6) is 0 Å². The van der Waals surface area contributed by atoms with Crippen LogP contribution in [0.4, 0.5) is 0 Å². The van der Waals surface area contributed by atoms with Gasteiger partial charge >= 0.3 is 5.97 Å². The molecule has 8 unspecified atom stereocenters. The number of ether oxygens (including phenoxy) is 3. The van der Waals surface area contributed by atoms with Gasteiger partial charge in [-0.05, 0) is 74.8 Å². The summed E-state index contributed by atoms with van der Waals surface area (Å²) in [5, 5.41) is 12.3. The maximum Gasteiger partial charge on any atom is 0.343 e. The van der Waals surface area contributed by atoms with Gasteiger partial charge in [0.2, 0.25) is 5.76 Å². The van der Waals surface area contributed by atoms with Crippen LogP contribution in [0.2, 0.25) is 0 Å². The van der Waals surface area contributed by atoms with E-state index < -0.39 is 6.10 Å². The number of aliphatic hydroxyl groups excluding tert-OH is 1. The zero-order valence-electron chi connectivity index (χ0n) is 26.6. The van der Waals surface area contributed by atoms with Gasteiger partial charge in [-0.3, -0.25) is 4.90 Å². The first kappa shape index (κ1) is 29.9. The van der Waals surface area contributed by atoms with E-state index in [1.54, 1.807) is 14.0 Å². The third kappa shape index (κ3) is 5.47. The van der Waals surface area contributed by atoms with Crippen LogP contribution >= 0.6 is 0 Å². The maximum absolute atomic E-state index is 12.5. The molecule has 44 heavy (non-hydrogen) atoms. The minimum atomic E-state index is -0.394. The lowest BCUT2D eigenvalue weighted by molar-refractivity contribution is -0.133. The molecule has 236 valence electrons. The van der Waals surface area contributed by atoms with E-state index in [1.807, 2.05) is 0 Å². The summed E-state index contributed by atoms with van der Waals surface area (Å²) in [6, 6.07) is 11.2. The highest BCUT2D eigenvalue weighted by molar-refractivity contribution is 5.93. The van der Waals surface area contributed by atoms with Gasteiger partial charge in [0.15, 0.2) is 11.5 Å². The molecule has 6 heteroatoms. The van der Waals surface area contributed by atoms with E-state index in [1.165, 1.54) is 37.7 Å². The van der Waals surface area contributed by atoms with Crippen LogP contribution in [0.3, 0.4) is 0 Å². The molecule has 4 heterocycles. The number of aliphatic hydroxyl groups is 1. The Morgan fingerprint density at radius 1 is 1.07 bits per heavy atom. The van der Waals surface area contributed by atoms with Crippen molar-refractivity contribution in [1.82, 2.24) is 4.90 Å². The van der Waals surface area contributed by atoms with E-state index in [4.69, 9.17) is 14.2 Å². The molecular weight excluding hydrogens is 550 g/mol. The Labute approximate surface area is 262 Å². The van der Waals surface area contributed by atoms with Gasteiger partial charge in [-0.2, -0.15) is 0 Å². The van der Waals surface area contributed by atoms with Crippen molar-refractivity contribution in [3.05, 3.63) is 82.7 Å². The summed E-state index contributed by atoms with van der Waals surface area (Å²) in [5.74, 6) is 4.55. The zero-order valence-corrected chi connectivity index (χ0v) is 26.6. The first-order valence-corrected chi connectivity index (χ1v) is 17.2. The van der Waals surface area contributed by atoms with E-state index >= 15 is 0 Å². The summed E-state index contributed by atoms with van der Waals surface area (Å²) in [7, 11) is 1.58. The second kappa shape index (κ2) is 12.5. The number of carbonyl (C=O) groups is 1. The number of cyclic esters (lactones) is 1. The van der Waals surface area contributed by atoms with Crippen molar-refractivity contribution in [1.29, 1.82) is 0 Å². The van der Waals surface area contributed by atoms with Gasteiger partial charge in [0.1, 0.15) is 5.76 Å². The number of carbonyl (C=O) groups excluding carboxylic acids is 1. The summed E-state index contributed by atoms with van der Waals surface area (Å²) in [5.41, 5.74) is 1.85. The monoisotopic (exact) mass is 599 g/mol. The molecule has 4 aliphatic heterocycles. The molecule has 0 radical (unpaired) electrons. The number of hydrogen-bond donors (Lipinski definition) is 1. The number of esters is 1. The smallest absolute Gasteiger partial charge is 0.343 e. The number of methoxy groups -OCH3 is 1. The van der Waals surface area contributed by atoms with Gasteiger partial charge in [-0.15, -0.1) is 0 Å². The van der Waals surface area contributed by atoms with Crippen LogP contribution in [0.25, 0.3) is 0 Å².